The number of thiophene rings is 1. The van der Waals surface area contributed by atoms with Gasteiger partial charge in [0.2, 0.25) is 5.91 Å². The number of amides is 1. The molecule has 0 aliphatic heterocycles. The summed E-state index contributed by atoms with van der Waals surface area (Å²) in [6.07, 6.45) is 0.768. The Hall–Kier alpha value is -1.58. The Kier molecular flexibility index (Phi) is 7.81. The summed E-state index contributed by atoms with van der Waals surface area (Å²) in [5.74, 6) is -0.178. The van der Waals surface area contributed by atoms with Crippen molar-refractivity contribution in [2.45, 2.75) is 32.0 Å². The van der Waals surface area contributed by atoms with Crippen molar-refractivity contribution in [3.63, 3.8) is 0 Å². The first-order chi connectivity index (χ1) is 14.3. The number of carbonyl (C=O) groups excluding carboxylic acids is 1. The highest BCUT2D eigenvalue weighted by Gasteiger charge is 2.19. The molecule has 2 heterocycles. The quantitative estimate of drug-likeness (QED) is 0.358. The predicted octanol–water partition coefficient (Wildman–Crippen LogP) is 5.01. The number of nitrogens with one attached hydrogen (secondary N) is 1. The lowest BCUT2D eigenvalue weighted by Gasteiger charge is -2.12. The highest BCUT2D eigenvalue weighted by molar-refractivity contribution is 7.99. The Morgan fingerprint density at radius 2 is 2.13 bits per heavy atom. The molecule has 1 aromatic carbocycles. The van der Waals surface area contributed by atoms with Crippen molar-refractivity contribution in [2.24, 2.45) is 0 Å². The van der Waals surface area contributed by atoms with Gasteiger partial charge in [-0.1, -0.05) is 41.9 Å². The van der Waals surface area contributed by atoms with Crippen molar-refractivity contribution < 1.29 is 9.53 Å². The largest absolute Gasteiger partial charge is 0.383 e. The average molecular weight is 486 g/mol. The Morgan fingerprint density at radius 3 is 2.80 bits per heavy atom. The first kappa shape index (κ1) is 23.1. The molecular formula is C20H21Cl2N3O3S2. The van der Waals surface area contributed by atoms with Crippen LogP contribution in [0.2, 0.25) is 10.0 Å². The minimum absolute atomic E-state index is 0.0783. The molecule has 0 radical (unpaired) electrons. The van der Waals surface area contributed by atoms with Crippen molar-refractivity contribution in [1.29, 1.82) is 0 Å². The molecule has 10 heteroatoms. The number of hydrogen-bond acceptors (Lipinski definition) is 6. The topological polar surface area (TPSA) is 73.2 Å². The van der Waals surface area contributed by atoms with Crippen LogP contribution in [0.5, 0.6) is 0 Å². The van der Waals surface area contributed by atoms with Gasteiger partial charge in [0, 0.05) is 17.0 Å². The van der Waals surface area contributed by atoms with E-state index in [2.05, 4.69) is 5.32 Å². The number of anilines is 1. The number of aromatic nitrogens is 2. The van der Waals surface area contributed by atoms with Gasteiger partial charge in [-0.05, 0) is 37.1 Å². The highest BCUT2D eigenvalue weighted by Crippen LogP contribution is 2.30. The molecule has 1 N–H and O–H groups in total. The number of methoxy groups -OCH3 is 1. The van der Waals surface area contributed by atoms with Crippen LogP contribution >= 0.6 is 46.3 Å². The van der Waals surface area contributed by atoms with Crippen molar-refractivity contribution in [3.8, 4) is 0 Å². The molecule has 0 atom stereocenters. The van der Waals surface area contributed by atoms with Crippen LogP contribution in [-0.4, -0.2) is 34.9 Å². The summed E-state index contributed by atoms with van der Waals surface area (Å²) in [5.41, 5.74) is 1.42. The molecule has 0 spiro atoms. The molecule has 1 amide bonds. The molecule has 2 aromatic heterocycles. The summed E-state index contributed by atoms with van der Waals surface area (Å²) < 4.78 is 6.75. The second-order valence-corrected chi connectivity index (χ2v) is 9.46. The lowest BCUT2D eigenvalue weighted by atomic mass is 10.1. The Balaban J connectivity index is 1.87. The van der Waals surface area contributed by atoms with E-state index in [-0.39, 0.29) is 17.2 Å². The molecule has 0 fully saturated rings. The van der Waals surface area contributed by atoms with Gasteiger partial charge < -0.3 is 10.1 Å². The number of aryl methyl sites for hydroxylation is 2. The number of halogens is 2. The number of hydrogen-bond donors (Lipinski definition) is 1. The zero-order valence-electron chi connectivity index (χ0n) is 16.8. The standard InChI is InChI=1S/C20H21Cl2N3O3S2/c1-4-13-11(2)30-18-17(13)19(27)25(7-8-28-3)20(24-18)29-10-16(26)23-15-6-5-12(21)9-14(15)22/h5-6,9H,4,7-8,10H2,1-3H3,(H,23,26). The van der Waals surface area contributed by atoms with Crippen molar-refractivity contribution in [2.75, 3.05) is 24.8 Å². The maximum absolute atomic E-state index is 13.2. The SMILES string of the molecule is CCc1c(C)sc2nc(SCC(=O)Nc3ccc(Cl)cc3Cl)n(CCOC)c(=O)c12. The molecule has 3 rings (SSSR count). The summed E-state index contributed by atoms with van der Waals surface area (Å²) in [7, 11) is 1.58. The van der Waals surface area contributed by atoms with E-state index in [4.69, 9.17) is 32.9 Å². The van der Waals surface area contributed by atoms with Crippen LogP contribution in [0.15, 0.2) is 28.2 Å². The third-order valence-electron chi connectivity index (χ3n) is 4.49. The lowest BCUT2D eigenvalue weighted by Crippen LogP contribution is -2.26. The molecule has 160 valence electrons. The van der Waals surface area contributed by atoms with E-state index in [0.717, 1.165) is 16.9 Å². The van der Waals surface area contributed by atoms with Crippen LogP contribution in [0, 0.1) is 6.92 Å². The number of fused-ring (bicyclic) bond motifs is 1. The van der Waals surface area contributed by atoms with Gasteiger partial charge >= 0.3 is 0 Å². The van der Waals surface area contributed by atoms with Crippen LogP contribution in [0.4, 0.5) is 5.69 Å². The van der Waals surface area contributed by atoms with E-state index < -0.39 is 0 Å². The van der Waals surface area contributed by atoms with Gasteiger partial charge in [-0.3, -0.25) is 14.2 Å². The zero-order chi connectivity index (χ0) is 21.8. The fourth-order valence-corrected chi connectivity index (χ4v) is 5.49. The molecule has 30 heavy (non-hydrogen) atoms. The second-order valence-electron chi connectivity index (χ2n) is 6.48. The summed E-state index contributed by atoms with van der Waals surface area (Å²) >= 11 is 14.7. The monoisotopic (exact) mass is 485 g/mol. The number of carbonyl (C=O) groups is 1. The summed E-state index contributed by atoms with van der Waals surface area (Å²) in [5, 5.41) is 4.76. The van der Waals surface area contributed by atoms with Gasteiger partial charge in [0.15, 0.2) is 5.16 Å². The fourth-order valence-electron chi connectivity index (χ4n) is 3.05. The predicted molar refractivity (Wildman–Crippen MR) is 126 cm³/mol. The third-order valence-corrected chi connectivity index (χ3v) is 7.05. The van der Waals surface area contributed by atoms with Crippen LogP contribution in [0.25, 0.3) is 10.2 Å². The number of thioether (sulfide) groups is 1. The second kappa shape index (κ2) is 10.2. The fraction of sp³-hybridized carbons (Fsp3) is 0.350. The zero-order valence-corrected chi connectivity index (χ0v) is 19.9. The van der Waals surface area contributed by atoms with Crippen LogP contribution < -0.4 is 10.9 Å². The smallest absolute Gasteiger partial charge is 0.263 e. The molecule has 6 nitrogen and oxygen atoms in total. The molecule has 0 aliphatic rings. The molecule has 0 bridgehead atoms. The number of nitrogens with zero attached hydrogens (tertiary/aromatic N) is 2. The summed E-state index contributed by atoms with van der Waals surface area (Å²) in [4.78, 5) is 32.1. The Bertz CT molecular complexity index is 1140. The molecule has 0 saturated heterocycles. The van der Waals surface area contributed by atoms with E-state index >= 15 is 0 Å². The first-order valence-electron chi connectivity index (χ1n) is 9.25. The maximum atomic E-state index is 13.2. The van der Waals surface area contributed by atoms with E-state index in [1.807, 2.05) is 13.8 Å². The van der Waals surface area contributed by atoms with Crippen molar-refractivity contribution in [1.82, 2.24) is 9.55 Å². The number of ether oxygens (including phenoxy) is 1. The first-order valence-corrected chi connectivity index (χ1v) is 11.8. The molecule has 0 saturated carbocycles. The number of benzene rings is 1. The van der Waals surface area contributed by atoms with E-state index in [0.29, 0.717) is 44.3 Å². The highest BCUT2D eigenvalue weighted by atomic mass is 35.5. The lowest BCUT2D eigenvalue weighted by molar-refractivity contribution is -0.113. The van der Waals surface area contributed by atoms with Gasteiger partial charge in [-0.2, -0.15) is 0 Å². The summed E-state index contributed by atoms with van der Waals surface area (Å²) in [6.45, 7) is 4.77. The number of rotatable bonds is 8. The van der Waals surface area contributed by atoms with E-state index in [9.17, 15) is 9.59 Å². The molecule has 0 unspecified atom stereocenters. The van der Waals surface area contributed by atoms with Gasteiger partial charge in [0.1, 0.15) is 4.83 Å². The van der Waals surface area contributed by atoms with Gasteiger partial charge in [0.05, 0.1) is 35.0 Å². The van der Waals surface area contributed by atoms with Crippen molar-refractivity contribution >= 4 is 68.1 Å². The molecule has 3 aromatic rings. The maximum Gasteiger partial charge on any atom is 0.263 e. The van der Waals surface area contributed by atoms with E-state index in [1.165, 1.54) is 23.1 Å². The normalized spacial score (nSPS) is 11.2. The average Bonchev–Trinajstić information content (AvgIpc) is 3.03. The molecular weight excluding hydrogens is 465 g/mol. The minimum Gasteiger partial charge on any atom is -0.383 e. The Labute approximate surface area is 192 Å². The van der Waals surface area contributed by atoms with Gasteiger partial charge in [-0.25, -0.2) is 4.98 Å². The van der Waals surface area contributed by atoms with Crippen LogP contribution in [0.1, 0.15) is 17.4 Å². The van der Waals surface area contributed by atoms with E-state index in [1.54, 1.807) is 29.9 Å². The molecule has 0 aliphatic carbocycles. The minimum atomic E-state index is -0.256. The van der Waals surface area contributed by atoms with Crippen LogP contribution in [0.3, 0.4) is 0 Å². The van der Waals surface area contributed by atoms with Gasteiger partial charge in [0.25, 0.3) is 5.56 Å². The Morgan fingerprint density at radius 1 is 1.37 bits per heavy atom. The van der Waals surface area contributed by atoms with Gasteiger partial charge in [-0.15, -0.1) is 11.3 Å². The van der Waals surface area contributed by atoms with Crippen LogP contribution in [-0.2, 0) is 22.5 Å². The van der Waals surface area contributed by atoms with Crippen molar-refractivity contribution in [3.05, 3.63) is 49.0 Å². The third kappa shape index (κ3) is 5.00. The summed E-state index contributed by atoms with van der Waals surface area (Å²) in [6, 6.07) is 4.86.